The summed E-state index contributed by atoms with van der Waals surface area (Å²) in [4.78, 5) is 0. The Hall–Kier alpha value is -0.820. The smallest absolute Gasteiger partial charge is 0.0442 e. The van der Waals surface area contributed by atoms with Gasteiger partial charge in [-0.05, 0) is 29.9 Å². The summed E-state index contributed by atoms with van der Waals surface area (Å²) in [6.07, 6.45) is 3.47. The van der Waals surface area contributed by atoms with Crippen molar-refractivity contribution in [2.75, 3.05) is 0 Å². The fraction of sp³-hybridized carbons (Fsp3) is 0.538. The molecule has 0 aliphatic heterocycles. The Morgan fingerprint density at radius 2 is 1.93 bits per heavy atom. The number of hydrogen-bond donors (Lipinski definition) is 1. The molecule has 2 atom stereocenters. The number of hydrogen-bond acceptors (Lipinski definition) is 1. The van der Waals surface area contributed by atoms with Gasteiger partial charge in [0.05, 0.1) is 0 Å². The summed E-state index contributed by atoms with van der Waals surface area (Å²) >= 11 is 0. The van der Waals surface area contributed by atoms with Crippen LogP contribution in [0.1, 0.15) is 37.8 Å². The number of rotatable bonds is 3. The first-order valence-corrected chi connectivity index (χ1v) is 5.59. The van der Waals surface area contributed by atoms with Crippen molar-refractivity contribution in [2.45, 2.75) is 38.6 Å². The molecule has 14 heavy (non-hydrogen) atoms. The molecule has 0 heterocycles. The van der Waals surface area contributed by atoms with Crippen LogP contribution < -0.4 is 5.73 Å². The van der Waals surface area contributed by atoms with Gasteiger partial charge in [0.2, 0.25) is 0 Å². The molecule has 0 amide bonds. The highest BCUT2D eigenvalue weighted by atomic mass is 14.9. The Labute approximate surface area is 86.3 Å². The first kappa shape index (κ1) is 9.72. The Morgan fingerprint density at radius 3 is 2.36 bits per heavy atom. The predicted octanol–water partition coefficient (Wildman–Crippen LogP) is 2.83. The Bertz CT molecular complexity index is 315. The van der Waals surface area contributed by atoms with Crippen molar-refractivity contribution in [3.63, 3.8) is 0 Å². The first-order valence-electron chi connectivity index (χ1n) is 5.59. The predicted molar refractivity (Wildman–Crippen MR) is 60.1 cm³/mol. The molecule has 1 saturated carbocycles. The van der Waals surface area contributed by atoms with Crippen molar-refractivity contribution in [1.82, 2.24) is 0 Å². The molecule has 1 aromatic carbocycles. The topological polar surface area (TPSA) is 26.0 Å². The fourth-order valence-electron chi connectivity index (χ4n) is 2.26. The third-order valence-electron chi connectivity index (χ3n) is 3.54. The van der Waals surface area contributed by atoms with Crippen LogP contribution in [-0.4, -0.2) is 0 Å². The second kappa shape index (κ2) is 3.39. The van der Waals surface area contributed by atoms with Gasteiger partial charge < -0.3 is 5.73 Å². The van der Waals surface area contributed by atoms with Crippen LogP contribution in [0.4, 0.5) is 0 Å². The van der Waals surface area contributed by atoms with E-state index >= 15 is 0 Å². The van der Waals surface area contributed by atoms with Crippen molar-refractivity contribution in [3.8, 4) is 0 Å². The van der Waals surface area contributed by atoms with E-state index in [0.717, 1.165) is 12.8 Å². The van der Waals surface area contributed by atoms with E-state index in [1.165, 1.54) is 17.5 Å². The normalized spacial score (nSPS) is 30.4. The molecular formula is C13H19N. The molecule has 0 aromatic heterocycles. The lowest BCUT2D eigenvalue weighted by Crippen LogP contribution is -2.21. The van der Waals surface area contributed by atoms with E-state index in [1.54, 1.807) is 0 Å². The second-order valence-corrected chi connectivity index (χ2v) is 4.40. The van der Waals surface area contributed by atoms with E-state index in [9.17, 15) is 0 Å². The maximum atomic E-state index is 6.31. The average Bonchev–Trinajstić information content (AvgIpc) is 2.91. The molecule has 0 radical (unpaired) electrons. The maximum absolute atomic E-state index is 6.31. The minimum Gasteiger partial charge on any atom is -0.321 e. The molecule has 2 rings (SSSR count). The summed E-state index contributed by atoms with van der Waals surface area (Å²) in [6, 6.07) is 8.81. The van der Waals surface area contributed by atoms with Crippen LogP contribution in [0.2, 0.25) is 0 Å². The minimum absolute atomic E-state index is 0.00101. The molecule has 1 aliphatic carbocycles. The van der Waals surface area contributed by atoms with E-state index in [1.807, 2.05) is 0 Å². The molecule has 1 aromatic rings. The van der Waals surface area contributed by atoms with Crippen LogP contribution in [0, 0.1) is 5.92 Å². The average molecular weight is 189 g/mol. The second-order valence-electron chi connectivity index (χ2n) is 4.40. The lowest BCUT2D eigenvalue weighted by Gasteiger charge is -2.11. The van der Waals surface area contributed by atoms with Gasteiger partial charge in [0.15, 0.2) is 0 Å². The van der Waals surface area contributed by atoms with Gasteiger partial charge >= 0.3 is 0 Å². The van der Waals surface area contributed by atoms with Gasteiger partial charge in [-0.3, -0.25) is 0 Å². The molecule has 1 nitrogen and oxygen atoms in total. The quantitative estimate of drug-likeness (QED) is 0.777. The minimum atomic E-state index is 0.00101. The summed E-state index contributed by atoms with van der Waals surface area (Å²) < 4.78 is 0. The zero-order valence-electron chi connectivity index (χ0n) is 9.09. The third-order valence-corrected chi connectivity index (χ3v) is 3.54. The van der Waals surface area contributed by atoms with Gasteiger partial charge in [-0.25, -0.2) is 0 Å². The van der Waals surface area contributed by atoms with Gasteiger partial charge in [-0.15, -0.1) is 0 Å². The molecule has 1 aliphatic rings. The maximum Gasteiger partial charge on any atom is 0.0442 e. The van der Waals surface area contributed by atoms with Crippen molar-refractivity contribution in [3.05, 3.63) is 35.4 Å². The molecule has 0 bridgehead atoms. The Balaban J connectivity index is 2.18. The number of aryl methyl sites for hydroxylation is 1. The van der Waals surface area contributed by atoms with Crippen LogP contribution in [0.25, 0.3) is 0 Å². The summed E-state index contributed by atoms with van der Waals surface area (Å²) in [5, 5.41) is 0. The largest absolute Gasteiger partial charge is 0.321 e. The molecule has 76 valence electrons. The molecule has 0 saturated heterocycles. The van der Waals surface area contributed by atoms with E-state index in [0.29, 0.717) is 5.92 Å². The molecule has 0 spiro atoms. The third kappa shape index (κ3) is 1.46. The highest BCUT2D eigenvalue weighted by molar-refractivity contribution is 5.34. The van der Waals surface area contributed by atoms with Crippen LogP contribution in [0.15, 0.2) is 24.3 Å². The van der Waals surface area contributed by atoms with Crippen LogP contribution in [0.5, 0.6) is 0 Å². The molecular weight excluding hydrogens is 170 g/mol. The van der Waals surface area contributed by atoms with E-state index < -0.39 is 0 Å². The Kier molecular flexibility index (Phi) is 2.36. The zero-order valence-corrected chi connectivity index (χ0v) is 9.09. The van der Waals surface area contributed by atoms with Crippen molar-refractivity contribution < 1.29 is 0 Å². The number of nitrogens with two attached hydrogens (primary N) is 1. The molecule has 1 fully saturated rings. The highest BCUT2D eigenvalue weighted by Crippen LogP contribution is 2.51. The van der Waals surface area contributed by atoms with Crippen LogP contribution in [0.3, 0.4) is 0 Å². The van der Waals surface area contributed by atoms with Crippen molar-refractivity contribution in [1.29, 1.82) is 0 Å². The lowest BCUT2D eigenvalue weighted by atomic mass is 10.0. The summed E-state index contributed by atoms with van der Waals surface area (Å²) in [7, 11) is 0. The van der Waals surface area contributed by atoms with Gasteiger partial charge in [0, 0.05) is 5.54 Å². The van der Waals surface area contributed by atoms with Gasteiger partial charge in [-0.1, -0.05) is 44.5 Å². The van der Waals surface area contributed by atoms with Crippen LogP contribution >= 0.6 is 0 Å². The Morgan fingerprint density at radius 1 is 1.29 bits per heavy atom. The molecule has 1 heteroatoms. The van der Waals surface area contributed by atoms with Gasteiger partial charge in [0.1, 0.15) is 0 Å². The standard InChI is InChI=1S/C13H19N/c1-3-10-5-7-12(8-6-10)13(14)9-11(13)4-2/h5-8,11H,3-4,9,14H2,1-2H3. The first-order chi connectivity index (χ1) is 6.70. The highest BCUT2D eigenvalue weighted by Gasteiger charge is 2.50. The molecule has 2 N–H and O–H groups in total. The van der Waals surface area contributed by atoms with Gasteiger partial charge in [-0.2, -0.15) is 0 Å². The summed E-state index contributed by atoms with van der Waals surface area (Å²) in [6.45, 7) is 4.40. The fourth-order valence-corrected chi connectivity index (χ4v) is 2.26. The van der Waals surface area contributed by atoms with E-state index in [-0.39, 0.29) is 5.54 Å². The zero-order chi connectivity index (χ0) is 10.2. The number of benzene rings is 1. The SMILES string of the molecule is CCc1ccc(C2(N)CC2CC)cc1. The van der Waals surface area contributed by atoms with E-state index in [4.69, 9.17) is 5.73 Å². The van der Waals surface area contributed by atoms with Crippen molar-refractivity contribution in [2.24, 2.45) is 11.7 Å². The monoisotopic (exact) mass is 189 g/mol. The van der Waals surface area contributed by atoms with E-state index in [2.05, 4.69) is 38.1 Å². The molecule has 2 unspecified atom stereocenters. The summed E-state index contributed by atoms with van der Waals surface area (Å²) in [5.74, 6) is 0.704. The van der Waals surface area contributed by atoms with Crippen LogP contribution in [-0.2, 0) is 12.0 Å². The van der Waals surface area contributed by atoms with Gasteiger partial charge in [0.25, 0.3) is 0 Å². The lowest BCUT2D eigenvalue weighted by molar-refractivity contribution is 0.615. The van der Waals surface area contributed by atoms with Crippen molar-refractivity contribution >= 4 is 0 Å². The summed E-state index contributed by atoms with van der Waals surface area (Å²) in [5.41, 5.74) is 9.03.